The summed E-state index contributed by atoms with van der Waals surface area (Å²) in [4.78, 5) is 8.81. The molecule has 0 bridgehead atoms. The van der Waals surface area contributed by atoms with Gasteiger partial charge in [0.05, 0.1) is 36.0 Å². The van der Waals surface area contributed by atoms with Crippen molar-refractivity contribution in [2.24, 2.45) is 0 Å². The fourth-order valence-electron chi connectivity index (χ4n) is 1.14. The molecule has 0 aliphatic rings. The highest BCUT2D eigenvalue weighted by Crippen LogP contribution is 2.07. The Morgan fingerprint density at radius 3 is 2.43 bits per heavy atom. The number of hydrogen-bond donors (Lipinski definition) is 0. The third-order valence-corrected chi connectivity index (χ3v) is 2.05. The van der Waals surface area contributed by atoms with E-state index in [2.05, 4.69) is 16.5 Å². The molecule has 3 heteroatoms. The van der Waals surface area contributed by atoms with Crippen LogP contribution in [0.3, 0.4) is 0 Å². The van der Waals surface area contributed by atoms with Crippen LogP contribution < -0.4 is 0 Å². The topological polar surface area (TPSA) is 35.0 Å². The van der Waals surface area contributed by atoms with Crippen LogP contribution in [-0.2, 0) is 11.3 Å². The average Bonchev–Trinajstić information content (AvgIpc) is 2.14. The Kier molecular flexibility index (Phi) is 3.77. The molecule has 0 saturated carbocycles. The fraction of sp³-hybridized carbons (Fsp3) is 0.455. The summed E-state index contributed by atoms with van der Waals surface area (Å²) in [7, 11) is 0. The highest BCUT2D eigenvalue weighted by molar-refractivity contribution is 5.17. The van der Waals surface area contributed by atoms with E-state index in [4.69, 9.17) is 4.74 Å². The van der Waals surface area contributed by atoms with Crippen molar-refractivity contribution in [2.45, 2.75) is 27.4 Å². The first kappa shape index (κ1) is 10.9. The molecule has 0 unspecified atom stereocenters. The van der Waals surface area contributed by atoms with Gasteiger partial charge in [-0.1, -0.05) is 6.08 Å². The maximum absolute atomic E-state index is 5.32. The predicted octanol–water partition coefficient (Wildman–Crippen LogP) is 2.10. The zero-order valence-corrected chi connectivity index (χ0v) is 9.00. The zero-order valence-electron chi connectivity index (χ0n) is 9.00. The van der Waals surface area contributed by atoms with Gasteiger partial charge in [-0.15, -0.1) is 6.58 Å². The average molecular weight is 192 g/mol. The maximum atomic E-state index is 5.32. The second-order valence-electron chi connectivity index (χ2n) is 3.23. The molecule has 0 fully saturated rings. The van der Waals surface area contributed by atoms with Crippen LogP contribution in [0.2, 0.25) is 0 Å². The molecular weight excluding hydrogens is 176 g/mol. The van der Waals surface area contributed by atoms with E-state index >= 15 is 0 Å². The Morgan fingerprint density at radius 2 is 1.79 bits per heavy atom. The molecule has 1 heterocycles. The number of aromatic nitrogens is 2. The van der Waals surface area contributed by atoms with Crippen molar-refractivity contribution in [1.82, 2.24) is 9.97 Å². The van der Waals surface area contributed by atoms with E-state index in [9.17, 15) is 0 Å². The highest BCUT2D eigenvalue weighted by Gasteiger charge is 2.04. The van der Waals surface area contributed by atoms with Crippen LogP contribution in [-0.4, -0.2) is 16.6 Å². The van der Waals surface area contributed by atoms with Gasteiger partial charge in [-0.25, -0.2) is 0 Å². The number of rotatable bonds is 4. The molecule has 76 valence electrons. The van der Waals surface area contributed by atoms with Crippen LogP contribution in [0.15, 0.2) is 12.7 Å². The van der Waals surface area contributed by atoms with Crippen molar-refractivity contribution < 1.29 is 4.74 Å². The van der Waals surface area contributed by atoms with Crippen molar-refractivity contribution in [3.63, 3.8) is 0 Å². The van der Waals surface area contributed by atoms with Gasteiger partial charge >= 0.3 is 0 Å². The van der Waals surface area contributed by atoms with E-state index in [-0.39, 0.29) is 0 Å². The third-order valence-electron chi connectivity index (χ3n) is 2.05. The molecule has 0 saturated heterocycles. The number of hydrogen-bond acceptors (Lipinski definition) is 3. The minimum Gasteiger partial charge on any atom is -0.371 e. The lowest BCUT2D eigenvalue weighted by Crippen LogP contribution is -2.04. The second-order valence-corrected chi connectivity index (χ2v) is 3.23. The summed E-state index contributed by atoms with van der Waals surface area (Å²) in [6.07, 6.45) is 1.73. The number of aryl methyl sites for hydroxylation is 3. The van der Waals surface area contributed by atoms with E-state index < -0.39 is 0 Å². The summed E-state index contributed by atoms with van der Waals surface area (Å²) in [5.74, 6) is 0. The lowest BCUT2D eigenvalue weighted by Gasteiger charge is -2.07. The van der Waals surface area contributed by atoms with Crippen LogP contribution in [0.25, 0.3) is 0 Å². The van der Waals surface area contributed by atoms with Crippen molar-refractivity contribution >= 4 is 0 Å². The van der Waals surface area contributed by atoms with Gasteiger partial charge in [0.1, 0.15) is 0 Å². The molecular formula is C11H16N2O. The summed E-state index contributed by atoms with van der Waals surface area (Å²) in [6, 6.07) is 0. The van der Waals surface area contributed by atoms with Crippen LogP contribution in [0.1, 0.15) is 22.8 Å². The SMILES string of the molecule is C=CCOCc1nc(C)c(C)nc1C. The van der Waals surface area contributed by atoms with Gasteiger partial charge in [-0.05, 0) is 20.8 Å². The Balaban J connectivity index is 2.76. The predicted molar refractivity (Wildman–Crippen MR) is 56.1 cm³/mol. The van der Waals surface area contributed by atoms with Gasteiger partial charge in [0.2, 0.25) is 0 Å². The summed E-state index contributed by atoms with van der Waals surface area (Å²) in [6.45, 7) is 10.5. The van der Waals surface area contributed by atoms with Crippen LogP contribution in [0.5, 0.6) is 0 Å². The molecule has 0 aliphatic carbocycles. The van der Waals surface area contributed by atoms with E-state index in [1.54, 1.807) is 6.08 Å². The van der Waals surface area contributed by atoms with Gasteiger partial charge in [0, 0.05) is 0 Å². The van der Waals surface area contributed by atoms with Gasteiger partial charge in [0.15, 0.2) is 0 Å². The number of nitrogens with zero attached hydrogens (tertiary/aromatic N) is 2. The zero-order chi connectivity index (χ0) is 10.6. The van der Waals surface area contributed by atoms with Gasteiger partial charge < -0.3 is 4.74 Å². The van der Waals surface area contributed by atoms with Crippen molar-refractivity contribution in [3.05, 3.63) is 35.4 Å². The normalized spacial score (nSPS) is 10.2. The molecule has 0 amide bonds. The first-order chi connectivity index (χ1) is 6.65. The molecule has 0 radical (unpaired) electrons. The Labute approximate surface area is 84.8 Å². The minimum atomic E-state index is 0.506. The summed E-state index contributed by atoms with van der Waals surface area (Å²) in [5.41, 5.74) is 3.80. The van der Waals surface area contributed by atoms with Gasteiger partial charge in [-0.2, -0.15) is 0 Å². The molecule has 0 aromatic carbocycles. The molecule has 1 aromatic rings. The van der Waals surface area contributed by atoms with E-state index in [0.29, 0.717) is 13.2 Å². The molecule has 0 atom stereocenters. The highest BCUT2D eigenvalue weighted by atomic mass is 16.5. The summed E-state index contributed by atoms with van der Waals surface area (Å²) < 4.78 is 5.32. The van der Waals surface area contributed by atoms with E-state index in [1.807, 2.05) is 20.8 Å². The monoisotopic (exact) mass is 192 g/mol. The first-order valence-corrected chi connectivity index (χ1v) is 4.64. The summed E-state index contributed by atoms with van der Waals surface area (Å²) >= 11 is 0. The largest absolute Gasteiger partial charge is 0.371 e. The molecule has 1 rings (SSSR count). The quantitative estimate of drug-likeness (QED) is 0.541. The number of ether oxygens (including phenoxy) is 1. The molecule has 3 nitrogen and oxygen atoms in total. The van der Waals surface area contributed by atoms with Crippen LogP contribution in [0.4, 0.5) is 0 Å². The van der Waals surface area contributed by atoms with E-state index in [1.165, 1.54) is 0 Å². The first-order valence-electron chi connectivity index (χ1n) is 4.64. The lowest BCUT2D eigenvalue weighted by atomic mass is 10.3. The fourth-order valence-corrected chi connectivity index (χ4v) is 1.14. The maximum Gasteiger partial charge on any atom is 0.0910 e. The Hall–Kier alpha value is -1.22. The second kappa shape index (κ2) is 4.86. The summed E-state index contributed by atoms with van der Waals surface area (Å²) in [5, 5.41) is 0. The minimum absolute atomic E-state index is 0.506. The molecule has 1 aromatic heterocycles. The van der Waals surface area contributed by atoms with E-state index in [0.717, 1.165) is 22.8 Å². The molecule has 14 heavy (non-hydrogen) atoms. The standard InChI is InChI=1S/C11H16N2O/c1-5-6-14-7-11-10(4)12-8(2)9(3)13-11/h5H,1,6-7H2,2-4H3. The van der Waals surface area contributed by atoms with Gasteiger partial charge in [0.25, 0.3) is 0 Å². The van der Waals surface area contributed by atoms with Crippen molar-refractivity contribution in [2.75, 3.05) is 6.61 Å². The lowest BCUT2D eigenvalue weighted by molar-refractivity contribution is 0.145. The van der Waals surface area contributed by atoms with Crippen molar-refractivity contribution in [3.8, 4) is 0 Å². The molecule has 0 aliphatic heterocycles. The van der Waals surface area contributed by atoms with Gasteiger partial charge in [-0.3, -0.25) is 9.97 Å². The molecule has 0 N–H and O–H groups in total. The van der Waals surface area contributed by atoms with Crippen LogP contribution in [0, 0.1) is 20.8 Å². The third kappa shape index (κ3) is 2.64. The Bertz CT molecular complexity index is 334. The van der Waals surface area contributed by atoms with Crippen molar-refractivity contribution in [1.29, 1.82) is 0 Å². The molecule has 0 spiro atoms. The smallest absolute Gasteiger partial charge is 0.0910 e. The van der Waals surface area contributed by atoms with Crippen LogP contribution >= 0.6 is 0 Å². The Morgan fingerprint density at radius 1 is 1.14 bits per heavy atom.